The smallest absolute Gasteiger partial charge is 0.255 e. The van der Waals surface area contributed by atoms with E-state index in [1.165, 1.54) is 0 Å². The summed E-state index contributed by atoms with van der Waals surface area (Å²) in [4.78, 5) is 23.8. The number of rotatable bonds is 4. The lowest BCUT2D eigenvalue weighted by Gasteiger charge is -2.09. The molecule has 122 valence electrons. The van der Waals surface area contributed by atoms with Crippen LogP contribution in [0.2, 0.25) is 0 Å². The monoisotopic (exact) mass is 384 g/mol. The van der Waals surface area contributed by atoms with Crippen molar-refractivity contribution in [1.29, 1.82) is 0 Å². The van der Waals surface area contributed by atoms with Gasteiger partial charge in [0.2, 0.25) is 0 Å². The fourth-order valence-electron chi connectivity index (χ4n) is 2.55. The Kier molecular flexibility index (Phi) is 4.81. The van der Waals surface area contributed by atoms with Crippen LogP contribution in [-0.2, 0) is 4.79 Å². The lowest BCUT2D eigenvalue weighted by Crippen LogP contribution is -2.11. The number of allylic oxidation sites excluding steroid dienone is 2. The summed E-state index contributed by atoms with van der Waals surface area (Å²) in [6.07, 6.45) is 1.32. The molecule has 4 nitrogen and oxygen atoms in total. The first kappa shape index (κ1) is 16.5. The van der Waals surface area contributed by atoms with E-state index in [4.69, 9.17) is 0 Å². The van der Waals surface area contributed by atoms with Gasteiger partial charge in [-0.25, -0.2) is 0 Å². The third kappa shape index (κ3) is 3.74. The van der Waals surface area contributed by atoms with Gasteiger partial charge in [-0.05, 0) is 61.9 Å². The molecule has 2 aromatic rings. The zero-order valence-corrected chi connectivity index (χ0v) is 14.8. The van der Waals surface area contributed by atoms with Gasteiger partial charge in [-0.2, -0.15) is 0 Å². The first-order valence-electron chi connectivity index (χ1n) is 7.70. The zero-order chi connectivity index (χ0) is 17.1. The standard InChI is InChI=1S/C19H17BrN2O2/c1-12-17(10-11-18(12)23)21-15-6-2-13(3-7-15)19(24)22-16-8-4-14(20)5-9-16/h2-9,21H,10-11H2,1H3,(H,22,24). The molecule has 0 aromatic heterocycles. The Hall–Kier alpha value is -2.40. The Bertz CT molecular complexity index is 808. The van der Waals surface area contributed by atoms with Gasteiger partial charge in [0.05, 0.1) is 0 Å². The lowest BCUT2D eigenvalue weighted by molar-refractivity contribution is -0.114. The molecule has 2 N–H and O–H groups in total. The summed E-state index contributed by atoms with van der Waals surface area (Å²) in [5.74, 6) is 0.0401. The number of Topliss-reactive ketones (excluding diaryl/α,β-unsaturated/α-hetero) is 1. The van der Waals surface area contributed by atoms with Crippen molar-refractivity contribution >= 4 is 39.0 Å². The lowest BCUT2D eigenvalue weighted by atomic mass is 10.1. The SMILES string of the molecule is CC1=C(Nc2ccc(C(=O)Nc3ccc(Br)cc3)cc2)CCC1=O. The first-order chi connectivity index (χ1) is 11.5. The molecular formula is C19H17BrN2O2. The molecule has 0 saturated heterocycles. The van der Waals surface area contributed by atoms with Crippen molar-refractivity contribution in [3.63, 3.8) is 0 Å². The molecule has 5 heteroatoms. The van der Waals surface area contributed by atoms with E-state index in [1.54, 1.807) is 12.1 Å². The van der Waals surface area contributed by atoms with Crippen LogP contribution in [0.4, 0.5) is 11.4 Å². The predicted molar refractivity (Wildman–Crippen MR) is 99.1 cm³/mol. The molecule has 0 heterocycles. The van der Waals surface area contributed by atoms with E-state index in [0.717, 1.165) is 33.5 Å². The Morgan fingerprint density at radius 2 is 1.58 bits per heavy atom. The topological polar surface area (TPSA) is 58.2 Å². The molecule has 0 unspecified atom stereocenters. The average molecular weight is 385 g/mol. The highest BCUT2D eigenvalue weighted by atomic mass is 79.9. The summed E-state index contributed by atoms with van der Waals surface area (Å²) in [5.41, 5.74) is 3.96. The number of nitrogens with one attached hydrogen (secondary N) is 2. The van der Waals surface area contributed by atoms with Crippen LogP contribution in [0.15, 0.2) is 64.3 Å². The summed E-state index contributed by atoms with van der Waals surface area (Å²) < 4.78 is 0.964. The Balaban J connectivity index is 1.67. The van der Waals surface area contributed by atoms with Crippen molar-refractivity contribution in [3.8, 4) is 0 Å². The second-order valence-electron chi connectivity index (χ2n) is 5.69. The number of amides is 1. The number of hydrogen-bond donors (Lipinski definition) is 2. The van der Waals surface area contributed by atoms with E-state index in [1.807, 2.05) is 43.3 Å². The van der Waals surface area contributed by atoms with Crippen LogP contribution in [0, 0.1) is 0 Å². The van der Waals surface area contributed by atoms with Gasteiger partial charge < -0.3 is 10.6 Å². The van der Waals surface area contributed by atoms with Gasteiger partial charge >= 0.3 is 0 Å². The number of carbonyl (C=O) groups is 2. The van der Waals surface area contributed by atoms with Crippen LogP contribution in [-0.4, -0.2) is 11.7 Å². The molecule has 0 bridgehead atoms. The summed E-state index contributed by atoms with van der Waals surface area (Å²) in [6.45, 7) is 1.84. The molecular weight excluding hydrogens is 368 g/mol. The van der Waals surface area contributed by atoms with Crippen LogP contribution in [0.5, 0.6) is 0 Å². The largest absolute Gasteiger partial charge is 0.359 e. The molecule has 0 saturated carbocycles. The Morgan fingerprint density at radius 3 is 2.17 bits per heavy atom. The maximum atomic E-state index is 12.3. The molecule has 0 radical (unpaired) electrons. The van der Waals surface area contributed by atoms with Crippen LogP contribution in [0.1, 0.15) is 30.1 Å². The van der Waals surface area contributed by atoms with E-state index in [9.17, 15) is 9.59 Å². The van der Waals surface area contributed by atoms with E-state index in [2.05, 4.69) is 26.6 Å². The van der Waals surface area contributed by atoms with Crippen molar-refractivity contribution in [3.05, 3.63) is 69.8 Å². The van der Waals surface area contributed by atoms with Crippen molar-refractivity contribution in [1.82, 2.24) is 0 Å². The fourth-order valence-corrected chi connectivity index (χ4v) is 2.82. The molecule has 2 aromatic carbocycles. The van der Waals surface area contributed by atoms with Crippen molar-refractivity contribution < 1.29 is 9.59 Å². The minimum absolute atomic E-state index is 0.157. The number of hydrogen-bond acceptors (Lipinski definition) is 3. The molecule has 0 aliphatic heterocycles. The average Bonchev–Trinajstić information content (AvgIpc) is 2.90. The number of carbonyl (C=O) groups excluding carboxylic acids is 2. The Labute approximate surface area is 149 Å². The van der Waals surface area contributed by atoms with Gasteiger partial charge in [0, 0.05) is 39.1 Å². The number of anilines is 2. The van der Waals surface area contributed by atoms with Crippen LogP contribution >= 0.6 is 15.9 Å². The van der Waals surface area contributed by atoms with Crippen molar-refractivity contribution in [2.45, 2.75) is 19.8 Å². The van der Waals surface area contributed by atoms with Crippen LogP contribution in [0.25, 0.3) is 0 Å². The molecule has 1 aliphatic carbocycles. The molecule has 3 rings (SSSR count). The van der Waals surface area contributed by atoms with E-state index < -0.39 is 0 Å². The summed E-state index contributed by atoms with van der Waals surface area (Å²) in [6, 6.07) is 14.7. The third-order valence-electron chi connectivity index (χ3n) is 4.02. The molecule has 1 amide bonds. The van der Waals surface area contributed by atoms with Gasteiger partial charge in [0.1, 0.15) is 0 Å². The maximum absolute atomic E-state index is 12.3. The zero-order valence-electron chi connectivity index (χ0n) is 13.2. The Morgan fingerprint density at radius 1 is 0.958 bits per heavy atom. The van der Waals surface area contributed by atoms with Crippen LogP contribution < -0.4 is 10.6 Å². The second kappa shape index (κ2) is 7.01. The first-order valence-corrected chi connectivity index (χ1v) is 8.49. The molecule has 24 heavy (non-hydrogen) atoms. The minimum Gasteiger partial charge on any atom is -0.359 e. The predicted octanol–water partition coefficient (Wildman–Crippen LogP) is 4.75. The molecule has 1 aliphatic rings. The summed E-state index contributed by atoms with van der Waals surface area (Å²) >= 11 is 3.36. The maximum Gasteiger partial charge on any atom is 0.255 e. The van der Waals surface area contributed by atoms with Crippen molar-refractivity contribution in [2.24, 2.45) is 0 Å². The van der Waals surface area contributed by atoms with Gasteiger partial charge in [0.15, 0.2) is 5.78 Å². The highest BCUT2D eigenvalue weighted by Crippen LogP contribution is 2.24. The van der Waals surface area contributed by atoms with Gasteiger partial charge in [-0.15, -0.1) is 0 Å². The van der Waals surface area contributed by atoms with E-state index in [0.29, 0.717) is 12.0 Å². The van der Waals surface area contributed by atoms with Crippen LogP contribution in [0.3, 0.4) is 0 Å². The van der Waals surface area contributed by atoms with Gasteiger partial charge in [-0.3, -0.25) is 9.59 Å². The second-order valence-corrected chi connectivity index (χ2v) is 6.61. The van der Waals surface area contributed by atoms with Crippen molar-refractivity contribution in [2.75, 3.05) is 10.6 Å². The minimum atomic E-state index is -0.157. The quantitative estimate of drug-likeness (QED) is 0.799. The van der Waals surface area contributed by atoms with Gasteiger partial charge in [0.25, 0.3) is 5.91 Å². The van der Waals surface area contributed by atoms with E-state index >= 15 is 0 Å². The summed E-state index contributed by atoms with van der Waals surface area (Å²) in [7, 11) is 0. The highest BCUT2D eigenvalue weighted by molar-refractivity contribution is 9.10. The molecule has 0 atom stereocenters. The number of ketones is 1. The highest BCUT2D eigenvalue weighted by Gasteiger charge is 2.19. The fraction of sp³-hybridized carbons (Fsp3) is 0.158. The molecule has 0 fully saturated rings. The molecule has 0 spiro atoms. The van der Waals surface area contributed by atoms with Gasteiger partial charge in [-0.1, -0.05) is 15.9 Å². The number of halogens is 1. The van der Waals surface area contributed by atoms with E-state index in [-0.39, 0.29) is 11.7 Å². The third-order valence-corrected chi connectivity index (χ3v) is 4.55. The normalized spacial score (nSPS) is 14.0. The summed E-state index contributed by atoms with van der Waals surface area (Å²) in [5, 5.41) is 6.12. The number of benzene rings is 2.